The van der Waals surface area contributed by atoms with Crippen molar-refractivity contribution in [1.29, 1.82) is 0 Å². The topological polar surface area (TPSA) is 93.2 Å². The number of hydrogen-bond acceptors (Lipinski definition) is 5. The van der Waals surface area contributed by atoms with Crippen molar-refractivity contribution in [1.82, 2.24) is 9.78 Å². The van der Waals surface area contributed by atoms with Crippen LogP contribution in [0.3, 0.4) is 0 Å². The van der Waals surface area contributed by atoms with Crippen LogP contribution in [0.25, 0.3) is 0 Å². The molecule has 0 spiro atoms. The lowest BCUT2D eigenvalue weighted by Gasteiger charge is -2.12. The van der Waals surface area contributed by atoms with E-state index in [1.807, 2.05) is 0 Å². The van der Waals surface area contributed by atoms with Gasteiger partial charge in [0.15, 0.2) is 0 Å². The van der Waals surface area contributed by atoms with E-state index < -0.39 is 11.0 Å². The van der Waals surface area contributed by atoms with E-state index in [-0.39, 0.29) is 12.2 Å². The molecule has 0 aliphatic rings. The third-order valence-electron chi connectivity index (χ3n) is 2.76. The number of aromatic nitrogens is 2. The number of nitrogens with one attached hydrogen (secondary N) is 1. The van der Waals surface area contributed by atoms with Crippen molar-refractivity contribution in [2.45, 2.75) is 6.10 Å². The smallest absolute Gasteiger partial charge is 0.270 e. The lowest BCUT2D eigenvalue weighted by molar-refractivity contribution is -0.384. The third kappa shape index (κ3) is 3.34. The summed E-state index contributed by atoms with van der Waals surface area (Å²) in [5.74, 6) is 0. The minimum Gasteiger partial charge on any atom is -0.386 e. The quantitative estimate of drug-likeness (QED) is 0.643. The molecule has 0 saturated carbocycles. The number of non-ortho nitro benzene ring substituents is 1. The highest BCUT2D eigenvalue weighted by Gasteiger charge is 2.12. The Morgan fingerprint density at radius 3 is 2.90 bits per heavy atom. The number of aliphatic hydroxyl groups excluding tert-OH is 1. The van der Waals surface area contributed by atoms with Crippen LogP contribution in [0.4, 0.5) is 11.4 Å². The molecule has 0 amide bonds. The second-order valence-corrected chi connectivity index (χ2v) is 5.12. The van der Waals surface area contributed by atoms with Crippen molar-refractivity contribution in [2.24, 2.45) is 7.05 Å². The van der Waals surface area contributed by atoms with Crippen LogP contribution in [-0.2, 0) is 7.05 Å². The Morgan fingerprint density at radius 2 is 2.35 bits per heavy atom. The summed E-state index contributed by atoms with van der Waals surface area (Å²) < 4.78 is 2.19. The van der Waals surface area contributed by atoms with Crippen LogP contribution in [0.2, 0.25) is 0 Å². The molecule has 106 valence electrons. The Balaban J connectivity index is 2.02. The van der Waals surface area contributed by atoms with Crippen LogP contribution in [-0.4, -0.2) is 26.4 Å². The normalized spacial score (nSPS) is 12.2. The molecule has 0 fully saturated rings. The maximum atomic E-state index is 10.6. The predicted octanol–water partition coefficient (Wildman–Crippen LogP) is 2.24. The number of hydrogen-bond donors (Lipinski definition) is 2. The van der Waals surface area contributed by atoms with Gasteiger partial charge in [-0.3, -0.25) is 14.8 Å². The van der Waals surface area contributed by atoms with Crippen LogP contribution in [0.1, 0.15) is 11.7 Å². The SMILES string of the molecule is Cn1cc(C(O)CNc2ccc([N+](=O)[O-])cc2Br)cn1. The summed E-state index contributed by atoms with van der Waals surface area (Å²) in [5, 5.41) is 27.6. The molecule has 1 heterocycles. The molecule has 20 heavy (non-hydrogen) atoms. The van der Waals surface area contributed by atoms with Crippen LogP contribution in [0.5, 0.6) is 0 Å². The number of halogens is 1. The lowest BCUT2D eigenvalue weighted by Crippen LogP contribution is -2.12. The first-order valence-electron chi connectivity index (χ1n) is 5.82. The number of benzene rings is 1. The number of nitro benzene ring substituents is 1. The van der Waals surface area contributed by atoms with Crippen molar-refractivity contribution < 1.29 is 10.0 Å². The Hall–Kier alpha value is -1.93. The van der Waals surface area contributed by atoms with E-state index in [1.54, 1.807) is 30.2 Å². The van der Waals surface area contributed by atoms with Gasteiger partial charge >= 0.3 is 0 Å². The average Bonchev–Trinajstić information content (AvgIpc) is 2.83. The fraction of sp³-hybridized carbons (Fsp3) is 0.250. The van der Waals surface area contributed by atoms with Gasteiger partial charge in [0.1, 0.15) is 0 Å². The molecule has 0 bridgehead atoms. The second kappa shape index (κ2) is 6.02. The molecule has 1 unspecified atom stereocenters. The van der Waals surface area contributed by atoms with Crippen molar-refractivity contribution >= 4 is 27.3 Å². The van der Waals surface area contributed by atoms with E-state index in [9.17, 15) is 15.2 Å². The van der Waals surface area contributed by atoms with Crippen molar-refractivity contribution in [3.05, 3.63) is 50.7 Å². The zero-order valence-electron chi connectivity index (χ0n) is 10.7. The summed E-state index contributed by atoms with van der Waals surface area (Å²) in [6.07, 6.45) is 2.62. The maximum Gasteiger partial charge on any atom is 0.270 e. The Bertz CT molecular complexity index is 629. The van der Waals surface area contributed by atoms with Crippen LogP contribution in [0, 0.1) is 10.1 Å². The molecule has 2 aromatic rings. The van der Waals surface area contributed by atoms with E-state index in [1.165, 1.54) is 12.1 Å². The molecule has 2 rings (SSSR count). The summed E-state index contributed by atoms with van der Waals surface area (Å²) >= 11 is 3.26. The van der Waals surface area contributed by atoms with E-state index in [0.29, 0.717) is 15.7 Å². The zero-order valence-corrected chi connectivity index (χ0v) is 12.2. The molecule has 1 atom stereocenters. The number of nitrogens with zero attached hydrogens (tertiary/aromatic N) is 3. The van der Waals surface area contributed by atoms with Gasteiger partial charge in [0, 0.05) is 47.6 Å². The standard InChI is InChI=1S/C12H13BrN4O3/c1-16-7-8(5-15-16)12(18)6-14-11-3-2-9(17(19)20)4-10(11)13/h2-5,7,12,14,18H,6H2,1H3. The van der Waals surface area contributed by atoms with Gasteiger partial charge in [-0.05, 0) is 22.0 Å². The molecule has 1 aromatic heterocycles. The van der Waals surface area contributed by atoms with E-state index in [2.05, 4.69) is 26.3 Å². The predicted molar refractivity (Wildman–Crippen MR) is 77.5 cm³/mol. The van der Waals surface area contributed by atoms with Crippen molar-refractivity contribution in [3.63, 3.8) is 0 Å². The second-order valence-electron chi connectivity index (χ2n) is 4.27. The van der Waals surface area contributed by atoms with Gasteiger partial charge in [-0.15, -0.1) is 0 Å². The highest BCUT2D eigenvalue weighted by atomic mass is 79.9. The summed E-state index contributed by atoms with van der Waals surface area (Å²) in [7, 11) is 1.77. The first-order chi connectivity index (χ1) is 9.47. The highest BCUT2D eigenvalue weighted by molar-refractivity contribution is 9.10. The van der Waals surface area contributed by atoms with Gasteiger partial charge in [-0.25, -0.2) is 0 Å². The Kier molecular flexibility index (Phi) is 4.35. The fourth-order valence-electron chi connectivity index (χ4n) is 1.70. The highest BCUT2D eigenvalue weighted by Crippen LogP contribution is 2.27. The first kappa shape index (κ1) is 14.5. The van der Waals surface area contributed by atoms with E-state index in [0.717, 1.165) is 0 Å². The average molecular weight is 341 g/mol. The molecule has 8 heteroatoms. The van der Waals surface area contributed by atoms with Crippen molar-refractivity contribution in [2.75, 3.05) is 11.9 Å². The number of aliphatic hydroxyl groups is 1. The number of rotatable bonds is 5. The largest absolute Gasteiger partial charge is 0.386 e. The summed E-state index contributed by atoms with van der Waals surface area (Å²) in [5.41, 5.74) is 1.40. The summed E-state index contributed by atoms with van der Waals surface area (Å²) in [6, 6.07) is 4.42. The molecule has 0 aliphatic heterocycles. The maximum absolute atomic E-state index is 10.6. The number of anilines is 1. The lowest BCUT2D eigenvalue weighted by atomic mass is 10.2. The Morgan fingerprint density at radius 1 is 1.60 bits per heavy atom. The van der Waals surface area contributed by atoms with Crippen LogP contribution < -0.4 is 5.32 Å². The molecule has 0 aliphatic carbocycles. The minimum absolute atomic E-state index is 0.00947. The summed E-state index contributed by atoms with van der Waals surface area (Å²) in [4.78, 5) is 10.2. The molecule has 1 aromatic carbocycles. The van der Waals surface area contributed by atoms with Gasteiger partial charge in [-0.2, -0.15) is 5.10 Å². The molecule has 7 nitrogen and oxygen atoms in total. The monoisotopic (exact) mass is 340 g/mol. The molecular formula is C12H13BrN4O3. The first-order valence-corrected chi connectivity index (χ1v) is 6.61. The molecule has 0 saturated heterocycles. The van der Waals surface area contributed by atoms with Gasteiger partial charge < -0.3 is 10.4 Å². The van der Waals surface area contributed by atoms with Crippen LogP contribution in [0.15, 0.2) is 35.1 Å². The van der Waals surface area contributed by atoms with E-state index in [4.69, 9.17) is 0 Å². The summed E-state index contributed by atoms with van der Waals surface area (Å²) in [6.45, 7) is 0.280. The third-order valence-corrected chi connectivity index (χ3v) is 3.42. The minimum atomic E-state index is -0.703. The van der Waals surface area contributed by atoms with Crippen molar-refractivity contribution in [3.8, 4) is 0 Å². The Labute approximate surface area is 123 Å². The van der Waals surface area contributed by atoms with E-state index >= 15 is 0 Å². The zero-order chi connectivity index (χ0) is 14.7. The molecule has 0 radical (unpaired) electrons. The number of aryl methyl sites for hydroxylation is 1. The van der Waals surface area contributed by atoms with Gasteiger partial charge in [0.2, 0.25) is 0 Å². The van der Waals surface area contributed by atoms with Gasteiger partial charge in [-0.1, -0.05) is 0 Å². The molecular weight excluding hydrogens is 328 g/mol. The number of nitro groups is 1. The molecule has 2 N–H and O–H groups in total. The van der Waals surface area contributed by atoms with Gasteiger partial charge in [0.25, 0.3) is 5.69 Å². The van der Waals surface area contributed by atoms with Gasteiger partial charge in [0.05, 0.1) is 17.2 Å². The fourth-order valence-corrected chi connectivity index (χ4v) is 2.20. The van der Waals surface area contributed by atoms with Crippen LogP contribution >= 0.6 is 15.9 Å².